The first-order chi connectivity index (χ1) is 10.1. The number of hydrogen-bond acceptors (Lipinski definition) is 3. The third-order valence-electron chi connectivity index (χ3n) is 3.79. The molecule has 1 aromatic carbocycles. The molecule has 0 atom stereocenters. The van der Waals surface area contributed by atoms with E-state index >= 15 is 0 Å². The summed E-state index contributed by atoms with van der Waals surface area (Å²) < 4.78 is 0. The van der Waals surface area contributed by atoms with Gasteiger partial charge in [0.15, 0.2) is 0 Å². The van der Waals surface area contributed by atoms with Gasteiger partial charge in [-0.3, -0.25) is 14.6 Å². The van der Waals surface area contributed by atoms with Crippen molar-refractivity contribution >= 4 is 12.0 Å². The summed E-state index contributed by atoms with van der Waals surface area (Å²) in [4.78, 5) is 26.2. The molecule has 0 unspecified atom stereocenters. The van der Waals surface area contributed by atoms with Crippen molar-refractivity contribution in [2.45, 2.75) is 13.0 Å². The number of nitrogens with zero attached hydrogens (tertiary/aromatic N) is 2. The number of hydrogen-bond donors (Lipinski definition) is 2. The molecule has 6 nitrogen and oxygen atoms in total. The van der Waals surface area contributed by atoms with Gasteiger partial charge in [0.2, 0.25) is 5.91 Å². The van der Waals surface area contributed by atoms with Crippen LogP contribution in [-0.2, 0) is 11.3 Å². The molecule has 0 spiro atoms. The second kappa shape index (κ2) is 5.57. The average Bonchev–Trinajstić information content (AvgIpc) is 2.47. The van der Waals surface area contributed by atoms with E-state index in [0.717, 1.165) is 29.4 Å². The molecule has 0 saturated heterocycles. The largest absolute Gasteiger partial charge is 0.465 e. The Bertz CT molecular complexity index is 597. The summed E-state index contributed by atoms with van der Waals surface area (Å²) in [7, 11) is 0. The minimum atomic E-state index is -1.06. The number of carboxylic acid groups (broad SMARTS) is 1. The monoisotopic (exact) mass is 287 g/mol. The number of carbonyl (C=O) groups is 2. The molecule has 0 aliphatic carbocycles. The lowest BCUT2D eigenvalue weighted by atomic mass is 10.1. The van der Waals surface area contributed by atoms with E-state index in [1.807, 2.05) is 18.2 Å². The standard InChI is InChI=1S/C15H17N3O3/c19-14-10-18(15(20)21)13-6-7-17(9-12(13)16-14)8-11-4-2-1-3-5-11/h1-5H,6-10H2,(H,16,19)(H,20,21). The number of benzene rings is 1. The molecule has 2 N–H and O–H groups in total. The maximum absolute atomic E-state index is 11.6. The molecule has 2 aliphatic heterocycles. The number of carbonyl (C=O) groups excluding carboxylic acids is 1. The minimum absolute atomic E-state index is 0.104. The second-order valence-corrected chi connectivity index (χ2v) is 5.29. The van der Waals surface area contributed by atoms with Crippen LogP contribution in [-0.4, -0.2) is 46.5 Å². The molecular weight excluding hydrogens is 270 g/mol. The second-order valence-electron chi connectivity index (χ2n) is 5.29. The highest BCUT2D eigenvalue weighted by molar-refractivity contribution is 5.86. The summed E-state index contributed by atoms with van der Waals surface area (Å²) >= 11 is 0. The van der Waals surface area contributed by atoms with Gasteiger partial charge < -0.3 is 10.4 Å². The van der Waals surface area contributed by atoms with Crippen molar-refractivity contribution in [1.29, 1.82) is 0 Å². The van der Waals surface area contributed by atoms with Gasteiger partial charge in [-0.2, -0.15) is 0 Å². The van der Waals surface area contributed by atoms with Crippen molar-refractivity contribution in [2.24, 2.45) is 0 Å². The van der Waals surface area contributed by atoms with Crippen LogP contribution < -0.4 is 5.32 Å². The smallest absolute Gasteiger partial charge is 0.412 e. The van der Waals surface area contributed by atoms with Gasteiger partial charge in [0.1, 0.15) is 6.54 Å². The lowest BCUT2D eigenvalue weighted by molar-refractivity contribution is -0.122. The minimum Gasteiger partial charge on any atom is -0.465 e. The van der Waals surface area contributed by atoms with E-state index in [2.05, 4.69) is 22.3 Å². The number of amides is 2. The first-order valence-corrected chi connectivity index (χ1v) is 6.92. The molecule has 0 fully saturated rings. The molecule has 3 rings (SSSR count). The third-order valence-corrected chi connectivity index (χ3v) is 3.79. The maximum Gasteiger partial charge on any atom is 0.412 e. The highest BCUT2D eigenvalue weighted by atomic mass is 16.4. The van der Waals surface area contributed by atoms with Crippen molar-refractivity contribution in [3.8, 4) is 0 Å². The zero-order valence-electron chi connectivity index (χ0n) is 11.6. The van der Waals surface area contributed by atoms with Crippen LogP contribution in [0.15, 0.2) is 41.7 Å². The van der Waals surface area contributed by atoms with Crippen molar-refractivity contribution in [3.63, 3.8) is 0 Å². The Hall–Kier alpha value is -2.34. The molecule has 6 heteroatoms. The fourth-order valence-electron chi connectivity index (χ4n) is 2.82. The molecule has 110 valence electrons. The Morgan fingerprint density at radius 2 is 2.00 bits per heavy atom. The topological polar surface area (TPSA) is 72.9 Å². The van der Waals surface area contributed by atoms with Crippen LogP contribution in [0.1, 0.15) is 12.0 Å². The van der Waals surface area contributed by atoms with Crippen LogP contribution in [0.25, 0.3) is 0 Å². The quantitative estimate of drug-likeness (QED) is 0.857. The lowest BCUT2D eigenvalue weighted by Crippen LogP contribution is -2.50. The summed E-state index contributed by atoms with van der Waals surface area (Å²) in [5.41, 5.74) is 2.65. The zero-order chi connectivity index (χ0) is 14.8. The third kappa shape index (κ3) is 2.90. The van der Waals surface area contributed by atoms with E-state index < -0.39 is 6.09 Å². The van der Waals surface area contributed by atoms with Gasteiger partial charge in [-0.25, -0.2) is 4.79 Å². The Labute approximate surface area is 122 Å². The molecule has 0 aromatic heterocycles. The van der Waals surface area contributed by atoms with E-state index in [9.17, 15) is 14.7 Å². The van der Waals surface area contributed by atoms with E-state index in [1.165, 1.54) is 5.56 Å². The molecule has 2 amide bonds. The first kappa shape index (κ1) is 13.6. The van der Waals surface area contributed by atoms with Crippen LogP contribution in [0.2, 0.25) is 0 Å². The lowest BCUT2D eigenvalue weighted by Gasteiger charge is -2.37. The van der Waals surface area contributed by atoms with Crippen LogP contribution in [0, 0.1) is 0 Å². The normalized spacial score (nSPS) is 19.2. The van der Waals surface area contributed by atoms with Crippen molar-refractivity contribution < 1.29 is 14.7 Å². The van der Waals surface area contributed by atoms with Gasteiger partial charge in [-0.15, -0.1) is 0 Å². The van der Waals surface area contributed by atoms with Crippen molar-refractivity contribution in [3.05, 3.63) is 47.3 Å². The Morgan fingerprint density at radius 3 is 2.71 bits per heavy atom. The number of rotatable bonds is 2. The van der Waals surface area contributed by atoms with Gasteiger partial charge in [0.25, 0.3) is 0 Å². The highest BCUT2D eigenvalue weighted by Crippen LogP contribution is 2.24. The zero-order valence-corrected chi connectivity index (χ0v) is 11.6. The van der Waals surface area contributed by atoms with E-state index in [-0.39, 0.29) is 12.5 Å². The fourth-order valence-corrected chi connectivity index (χ4v) is 2.82. The number of nitrogens with one attached hydrogen (secondary N) is 1. The van der Waals surface area contributed by atoms with Gasteiger partial charge in [-0.1, -0.05) is 30.3 Å². The Kier molecular flexibility index (Phi) is 3.62. The highest BCUT2D eigenvalue weighted by Gasteiger charge is 2.32. The first-order valence-electron chi connectivity index (χ1n) is 6.92. The molecule has 0 saturated carbocycles. The summed E-state index contributed by atoms with van der Waals surface area (Å²) in [5.74, 6) is -0.266. The van der Waals surface area contributed by atoms with Crippen LogP contribution in [0.3, 0.4) is 0 Å². The molecule has 0 bridgehead atoms. The fraction of sp³-hybridized carbons (Fsp3) is 0.333. The van der Waals surface area contributed by atoms with Gasteiger partial charge >= 0.3 is 6.09 Å². The SMILES string of the molecule is O=C1CN(C(=O)O)C2=C(CN(Cc3ccccc3)CC2)N1. The summed E-state index contributed by atoms with van der Waals surface area (Å²) in [6, 6.07) is 10.1. The maximum atomic E-state index is 11.6. The van der Waals surface area contributed by atoms with Crippen molar-refractivity contribution in [2.75, 3.05) is 19.6 Å². The van der Waals surface area contributed by atoms with Gasteiger partial charge in [0.05, 0.1) is 5.70 Å². The van der Waals surface area contributed by atoms with Crippen molar-refractivity contribution in [1.82, 2.24) is 15.1 Å². The summed E-state index contributed by atoms with van der Waals surface area (Å²) in [6.07, 6.45) is -0.428. The summed E-state index contributed by atoms with van der Waals surface area (Å²) in [5, 5.41) is 12.0. The van der Waals surface area contributed by atoms with E-state index in [4.69, 9.17) is 0 Å². The Balaban J connectivity index is 1.75. The van der Waals surface area contributed by atoms with Crippen LogP contribution >= 0.6 is 0 Å². The molecule has 21 heavy (non-hydrogen) atoms. The predicted octanol–water partition coefficient (Wildman–Crippen LogP) is 1.21. The van der Waals surface area contributed by atoms with E-state index in [1.54, 1.807) is 0 Å². The molecular formula is C15H17N3O3. The van der Waals surface area contributed by atoms with Crippen LogP contribution in [0.4, 0.5) is 4.79 Å². The predicted molar refractivity (Wildman–Crippen MR) is 76.2 cm³/mol. The Morgan fingerprint density at radius 1 is 1.24 bits per heavy atom. The van der Waals surface area contributed by atoms with Gasteiger partial charge in [0, 0.05) is 31.8 Å². The molecule has 2 heterocycles. The summed E-state index contributed by atoms with van der Waals surface area (Å²) in [6.45, 7) is 2.04. The molecule has 2 aliphatic rings. The van der Waals surface area contributed by atoms with E-state index in [0.29, 0.717) is 13.0 Å². The van der Waals surface area contributed by atoms with Crippen LogP contribution in [0.5, 0.6) is 0 Å². The molecule has 1 aromatic rings. The van der Waals surface area contributed by atoms with Gasteiger partial charge in [-0.05, 0) is 5.56 Å². The average molecular weight is 287 g/mol. The molecule has 0 radical (unpaired) electrons.